The summed E-state index contributed by atoms with van der Waals surface area (Å²) in [6.07, 6.45) is 2.31. The molecule has 1 aliphatic heterocycles. The van der Waals surface area contributed by atoms with E-state index in [1.165, 1.54) is 16.7 Å². The summed E-state index contributed by atoms with van der Waals surface area (Å²) in [5, 5.41) is 10.5. The Kier molecular flexibility index (Phi) is 6.41. The molecule has 2 aromatic heterocycles. The molecule has 3 aromatic rings. The van der Waals surface area contributed by atoms with Crippen LogP contribution in [0, 0.1) is 20.8 Å². The van der Waals surface area contributed by atoms with Gasteiger partial charge in [0.15, 0.2) is 5.82 Å². The number of H-pyrrole nitrogens is 1. The lowest BCUT2D eigenvalue weighted by Crippen LogP contribution is -2.36. The topological polar surface area (TPSA) is 109 Å². The first-order valence-corrected chi connectivity index (χ1v) is 10.9. The summed E-state index contributed by atoms with van der Waals surface area (Å²) >= 11 is 0. The molecule has 0 spiro atoms. The van der Waals surface area contributed by atoms with Crippen LogP contribution >= 0.6 is 0 Å². The van der Waals surface area contributed by atoms with Crippen molar-refractivity contribution in [1.29, 1.82) is 0 Å². The molecule has 8 heteroatoms. The quantitative estimate of drug-likeness (QED) is 0.528. The van der Waals surface area contributed by atoms with Crippen LogP contribution in [0.3, 0.4) is 0 Å². The first kappa shape index (κ1) is 21.8. The van der Waals surface area contributed by atoms with E-state index in [1.54, 1.807) is 0 Å². The Morgan fingerprint density at radius 3 is 2.53 bits per heavy atom. The van der Waals surface area contributed by atoms with Crippen molar-refractivity contribution in [3.8, 4) is 0 Å². The molecule has 1 amide bonds. The van der Waals surface area contributed by atoms with Crippen LogP contribution in [0.2, 0.25) is 0 Å². The molecule has 0 saturated carbocycles. The zero-order chi connectivity index (χ0) is 22.7. The summed E-state index contributed by atoms with van der Waals surface area (Å²) < 4.78 is 5.40. The van der Waals surface area contributed by atoms with Gasteiger partial charge in [-0.25, -0.2) is 0 Å². The average molecular weight is 435 g/mol. The number of nitrogens with zero attached hydrogens (tertiary/aromatic N) is 3. The summed E-state index contributed by atoms with van der Waals surface area (Å²) in [7, 11) is 0. The highest BCUT2D eigenvalue weighted by atomic mass is 16.5. The van der Waals surface area contributed by atoms with Crippen molar-refractivity contribution in [2.75, 3.05) is 36.5 Å². The van der Waals surface area contributed by atoms with E-state index in [0.29, 0.717) is 30.0 Å². The van der Waals surface area contributed by atoms with Crippen molar-refractivity contribution in [2.45, 2.75) is 33.7 Å². The van der Waals surface area contributed by atoms with Crippen LogP contribution in [-0.2, 0) is 17.7 Å². The average Bonchev–Trinajstić information content (AvgIpc) is 3.19. The number of rotatable bonds is 7. The number of aromatic amines is 1. The maximum Gasteiger partial charge on any atom is 0.254 e. The van der Waals surface area contributed by atoms with E-state index < -0.39 is 5.91 Å². The van der Waals surface area contributed by atoms with Crippen molar-refractivity contribution in [2.24, 2.45) is 5.73 Å². The predicted molar refractivity (Wildman–Crippen MR) is 125 cm³/mol. The number of nitrogens with two attached hydrogens (primary N) is 1. The van der Waals surface area contributed by atoms with Crippen LogP contribution < -0.4 is 16.0 Å². The van der Waals surface area contributed by atoms with E-state index >= 15 is 0 Å². The summed E-state index contributed by atoms with van der Waals surface area (Å²) in [6, 6.07) is 8.32. The number of hydrogen-bond donors (Lipinski definition) is 3. The molecule has 168 valence electrons. The molecule has 1 fully saturated rings. The molecule has 8 nitrogen and oxygen atoms in total. The van der Waals surface area contributed by atoms with Gasteiger partial charge in [-0.05, 0) is 55.2 Å². The van der Waals surface area contributed by atoms with Gasteiger partial charge in [-0.1, -0.05) is 12.1 Å². The van der Waals surface area contributed by atoms with Gasteiger partial charge in [0.1, 0.15) is 5.56 Å². The van der Waals surface area contributed by atoms with E-state index in [9.17, 15) is 4.79 Å². The van der Waals surface area contributed by atoms with Gasteiger partial charge in [0.25, 0.3) is 5.91 Å². The minimum atomic E-state index is -0.516. The fourth-order valence-corrected chi connectivity index (χ4v) is 4.02. The van der Waals surface area contributed by atoms with Crippen LogP contribution in [0.1, 0.15) is 44.0 Å². The number of primary amides is 1. The third-order valence-corrected chi connectivity index (χ3v) is 6.08. The summed E-state index contributed by atoms with van der Waals surface area (Å²) in [6.45, 7) is 10.1. The molecule has 0 aliphatic carbocycles. The number of carbonyl (C=O) groups is 1. The number of nitrogens with one attached hydrogen (secondary N) is 2. The van der Waals surface area contributed by atoms with Crippen molar-refractivity contribution in [3.63, 3.8) is 0 Å². The first-order chi connectivity index (χ1) is 15.4. The van der Waals surface area contributed by atoms with Crippen molar-refractivity contribution >= 4 is 17.4 Å². The van der Waals surface area contributed by atoms with E-state index in [2.05, 4.69) is 64.4 Å². The standard InChI is InChI=1S/C24H30N6O2/c1-15-10-18(11-16(2)17(15)3)13-27-24-22(23(25)31)21(28-29-24)12-19-4-5-20(14-26-19)30-6-8-32-9-7-30/h4-5,10-11,14H,6-9,12-13H2,1-3H3,(H2,25,31)(H2,27,28,29). The van der Waals surface area contributed by atoms with Gasteiger partial charge < -0.3 is 20.7 Å². The van der Waals surface area contributed by atoms with Gasteiger partial charge in [-0.2, -0.15) is 5.10 Å². The predicted octanol–water partition coefficient (Wildman–Crippen LogP) is 2.87. The van der Waals surface area contributed by atoms with Gasteiger partial charge in [-0.3, -0.25) is 14.9 Å². The van der Waals surface area contributed by atoms with Crippen LogP contribution in [0.15, 0.2) is 30.5 Å². The number of morpholine rings is 1. The second kappa shape index (κ2) is 9.40. The number of pyridine rings is 1. The first-order valence-electron chi connectivity index (χ1n) is 10.9. The normalized spacial score (nSPS) is 13.9. The van der Waals surface area contributed by atoms with Gasteiger partial charge in [0.05, 0.1) is 30.8 Å². The van der Waals surface area contributed by atoms with Crippen LogP contribution in [0.5, 0.6) is 0 Å². The van der Waals surface area contributed by atoms with Crippen LogP contribution in [0.4, 0.5) is 11.5 Å². The monoisotopic (exact) mass is 434 g/mol. The Morgan fingerprint density at radius 2 is 1.91 bits per heavy atom. The van der Waals surface area contributed by atoms with E-state index in [1.807, 2.05) is 12.3 Å². The molecule has 0 unspecified atom stereocenters. The molecular weight excluding hydrogens is 404 g/mol. The number of hydrogen-bond acceptors (Lipinski definition) is 6. The van der Waals surface area contributed by atoms with Crippen LogP contribution in [0.25, 0.3) is 0 Å². The van der Waals surface area contributed by atoms with Gasteiger partial charge in [0.2, 0.25) is 0 Å². The highest BCUT2D eigenvalue weighted by molar-refractivity contribution is 5.98. The summed E-state index contributed by atoms with van der Waals surface area (Å²) in [5.74, 6) is -0.0502. The zero-order valence-corrected chi connectivity index (χ0v) is 18.9. The van der Waals surface area contributed by atoms with Crippen molar-refractivity contribution < 1.29 is 9.53 Å². The number of amides is 1. The minimum absolute atomic E-state index is 0.379. The Hall–Kier alpha value is -3.39. The van der Waals surface area contributed by atoms with E-state index in [-0.39, 0.29) is 0 Å². The number of benzene rings is 1. The molecule has 0 atom stereocenters. The van der Waals surface area contributed by atoms with Crippen molar-refractivity contribution in [1.82, 2.24) is 15.2 Å². The van der Waals surface area contributed by atoms with Crippen molar-refractivity contribution in [3.05, 3.63) is 69.7 Å². The third-order valence-electron chi connectivity index (χ3n) is 6.08. The zero-order valence-electron chi connectivity index (χ0n) is 18.9. The number of anilines is 2. The molecule has 1 aromatic carbocycles. The van der Waals surface area contributed by atoms with E-state index in [4.69, 9.17) is 10.5 Å². The Balaban J connectivity index is 1.47. The molecular formula is C24H30N6O2. The number of aryl methyl sites for hydroxylation is 2. The highest BCUT2D eigenvalue weighted by Gasteiger charge is 2.19. The Morgan fingerprint density at radius 1 is 1.19 bits per heavy atom. The molecule has 1 aliphatic rings. The van der Waals surface area contributed by atoms with Gasteiger partial charge in [0, 0.05) is 31.7 Å². The van der Waals surface area contributed by atoms with Gasteiger partial charge in [-0.15, -0.1) is 0 Å². The third kappa shape index (κ3) is 4.75. The smallest absolute Gasteiger partial charge is 0.254 e. The highest BCUT2D eigenvalue weighted by Crippen LogP contribution is 2.22. The molecule has 4 rings (SSSR count). The number of carbonyl (C=O) groups excluding carboxylic acids is 1. The maximum atomic E-state index is 12.2. The maximum absolute atomic E-state index is 12.2. The SMILES string of the molecule is Cc1cc(CNc2n[nH]c(Cc3ccc(N4CCOCC4)cn3)c2C(N)=O)cc(C)c1C. The lowest BCUT2D eigenvalue weighted by atomic mass is 10.0. The largest absolute Gasteiger partial charge is 0.378 e. The molecule has 1 saturated heterocycles. The minimum Gasteiger partial charge on any atom is -0.378 e. The Bertz CT molecular complexity index is 1080. The lowest BCUT2D eigenvalue weighted by Gasteiger charge is -2.28. The fraction of sp³-hybridized carbons (Fsp3) is 0.375. The molecule has 0 bridgehead atoms. The summed E-state index contributed by atoms with van der Waals surface area (Å²) in [4.78, 5) is 19.0. The Labute approximate surface area is 188 Å². The number of ether oxygens (including phenoxy) is 1. The lowest BCUT2D eigenvalue weighted by molar-refractivity contribution is 0.100. The van der Waals surface area contributed by atoms with E-state index in [0.717, 1.165) is 43.2 Å². The second-order valence-corrected chi connectivity index (χ2v) is 8.28. The number of aromatic nitrogens is 3. The molecule has 4 N–H and O–H groups in total. The fourth-order valence-electron chi connectivity index (χ4n) is 4.02. The van der Waals surface area contributed by atoms with Crippen LogP contribution in [-0.4, -0.2) is 47.4 Å². The molecule has 0 radical (unpaired) electrons. The molecule has 32 heavy (non-hydrogen) atoms. The summed E-state index contributed by atoms with van der Waals surface area (Å²) in [5.41, 5.74) is 13.5. The molecule has 3 heterocycles. The van der Waals surface area contributed by atoms with Gasteiger partial charge >= 0.3 is 0 Å². The second-order valence-electron chi connectivity index (χ2n) is 8.28.